The minimum atomic E-state index is -0.0989. The summed E-state index contributed by atoms with van der Waals surface area (Å²) in [5.41, 5.74) is 0. The van der Waals surface area contributed by atoms with Crippen molar-refractivity contribution in [1.29, 1.82) is 0 Å². The van der Waals surface area contributed by atoms with Crippen LogP contribution in [-0.4, -0.2) is 37.1 Å². The second-order valence-corrected chi connectivity index (χ2v) is 4.01. The zero-order valence-corrected chi connectivity index (χ0v) is 10.0. The van der Waals surface area contributed by atoms with Crippen LogP contribution in [0.1, 0.15) is 34.1 Å². The van der Waals surface area contributed by atoms with Gasteiger partial charge in [0.1, 0.15) is 6.04 Å². The monoisotopic (exact) mass is 201 g/mol. The van der Waals surface area contributed by atoms with Gasteiger partial charge >= 0.3 is 5.97 Å². The molecule has 0 aromatic rings. The number of likely N-dealkylation sites (N-methyl/N-ethyl adjacent to an activating group) is 1. The van der Waals surface area contributed by atoms with Crippen LogP contribution in [0.2, 0.25) is 0 Å². The van der Waals surface area contributed by atoms with Gasteiger partial charge in [-0.15, -0.1) is 0 Å². The predicted octanol–water partition coefficient (Wildman–Crippen LogP) is 1.92. The van der Waals surface area contributed by atoms with Crippen LogP contribution in [0.25, 0.3) is 0 Å². The van der Waals surface area contributed by atoms with Gasteiger partial charge in [0.25, 0.3) is 0 Å². The number of rotatable bonds is 6. The molecule has 0 aromatic heterocycles. The van der Waals surface area contributed by atoms with Crippen LogP contribution in [-0.2, 0) is 9.53 Å². The van der Waals surface area contributed by atoms with Gasteiger partial charge in [-0.2, -0.15) is 0 Å². The fourth-order valence-corrected chi connectivity index (χ4v) is 1.60. The van der Waals surface area contributed by atoms with Crippen molar-refractivity contribution in [3.8, 4) is 0 Å². The lowest BCUT2D eigenvalue weighted by Gasteiger charge is -2.26. The second kappa shape index (κ2) is 6.82. The molecule has 1 atom stereocenters. The highest BCUT2D eigenvalue weighted by molar-refractivity contribution is 5.75. The average Bonchev–Trinajstić information content (AvgIpc) is 2.04. The lowest BCUT2D eigenvalue weighted by molar-refractivity contribution is -0.149. The minimum absolute atomic E-state index is 0.0858. The molecule has 0 amide bonds. The number of carbonyl (C=O) groups excluding carboxylic acids is 1. The highest BCUT2D eigenvalue weighted by atomic mass is 16.5. The smallest absolute Gasteiger partial charge is 0.323 e. The van der Waals surface area contributed by atoms with Crippen molar-refractivity contribution in [2.24, 2.45) is 5.92 Å². The summed E-state index contributed by atoms with van der Waals surface area (Å²) >= 11 is 0. The standard InChI is InChI=1S/C11H23NO2/c1-6-10(11(13)14-7-2)12(5)8-9(3)4/h9-10H,6-8H2,1-5H3. The Labute approximate surface area is 87.4 Å². The lowest BCUT2D eigenvalue weighted by Crippen LogP contribution is -2.41. The van der Waals surface area contributed by atoms with Gasteiger partial charge in [-0.3, -0.25) is 9.69 Å². The first-order chi connectivity index (χ1) is 6.52. The molecule has 0 heterocycles. The van der Waals surface area contributed by atoms with Crippen molar-refractivity contribution in [1.82, 2.24) is 4.90 Å². The quantitative estimate of drug-likeness (QED) is 0.615. The van der Waals surface area contributed by atoms with Crippen molar-refractivity contribution in [2.45, 2.75) is 40.2 Å². The van der Waals surface area contributed by atoms with Crippen molar-refractivity contribution < 1.29 is 9.53 Å². The molecule has 0 aliphatic carbocycles. The van der Waals surface area contributed by atoms with E-state index in [2.05, 4.69) is 18.7 Å². The third kappa shape index (κ3) is 4.61. The molecule has 0 aliphatic rings. The third-order valence-corrected chi connectivity index (χ3v) is 2.13. The summed E-state index contributed by atoms with van der Waals surface area (Å²) in [6, 6.07) is -0.0858. The number of nitrogens with zero attached hydrogens (tertiary/aromatic N) is 1. The summed E-state index contributed by atoms with van der Waals surface area (Å²) in [6.07, 6.45) is 0.808. The van der Waals surface area contributed by atoms with Gasteiger partial charge in [0.15, 0.2) is 0 Å². The van der Waals surface area contributed by atoms with Crippen LogP contribution >= 0.6 is 0 Å². The zero-order chi connectivity index (χ0) is 11.1. The molecule has 0 N–H and O–H groups in total. The van der Waals surface area contributed by atoms with Crippen molar-refractivity contribution >= 4 is 5.97 Å². The molecule has 0 fully saturated rings. The molecular formula is C11H23NO2. The fraction of sp³-hybridized carbons (Fsp3) is 0.909. The molecule has 0 bridgehead atoms. The van der Waals surface area contributed by atoms with Gasteiger partial charge in [0.05, 0.1) is 6.61 Å². The maximum Gasteiger partial charge on any atom is 0.323 e. The van der Waals surface area contributed by atoms with Gasteiger partial charge in [-0.05, 0) is 26.3 Å². The molecule has 0 saturated heterocycles. The maximum absolute atomic E-state index is 11.5. The SMILES string of the molecule is CCOC(=O)C(CC)N(C)CC(C)C. The molecular weight excluding hydrogens is 178 g/mol. The van der Waals surface area contributed by atoms with Gasteiger partial charge in [-0.25, -0.2) is 0 Å². The summed E-state index contributed by atoms with van der Waals surface area (Å²) < 4.78 is 5.02. The van der Waals surface area contributed by atoms with Gasteiger partial charge in [-0.1, -0.05) is 20.8 Å². The van der Waals surface area contributed by atoms with E-state index in [1.54, 1.807) is 0 Å². The molecule has 1 unspecified atom stereocenters. The molecule has 0 spiro atoms. The van der Waals surface area contributed by atoms with Crippen molar-refractivity contribution in [3.63, 3.8) is 0 Å². The Bertz CT molecular complexity index is 169. The molecule has 0 aromatic carbocycles. The molecule has 0 radical (unpaired) electrons. The van der Waals surface area contributed by atoms with Crippen molar-refractivity contribution in [2.75, 3.05) is 20.2 Å². The van der Waals surface area contributed by atoms with E-state index in [-0.39, 0.29) is 12.0 Å². The van der Waals surface area contributed by atoms with E-state index in [1.807, 2.05) is 20.9 Å². The summed E-state index contributed by atoms with van der Waals surface area (Å²) in [5, 5.41) is 0. The summed E-state index contributed by atoms with van der Waals surface area (Å²) in [6.45, 7) is 9.54. The highest BCUT2D eigenvalue weighted by Crippen LogP contribution is 2.07. The number of hydrogen-bond donors (Lipinski definition) is 0. The Hall–Kier alpha value is -0.570. The van der Waals surface area contributed by atoms with Gasteiger partial charge < -0.3 is 4.74 Å². The van der Waals surface area contributed by atoms with E-state index >= 15 is 0 Å². The Balaban J connectivity index is 4.17. The Kier molecular flexibility index (Phi) is 6.54. The van der Waals surface area contributed by atoms with E-state index in [0.29, 0.717) is 12.5 Å². The molecule has 84 valence electrons. The van der Waals surface area contributed by atoms with Crippen LogP contribution in [0.3, 0.4) is 0 Å². The molecule has 14 heavy (non-hydrogen) atoms. The van der Waals surface area contributed by atoms with E-state index < -0.39 is 0 Å². The lowest BCUT2D eigenvalue weighted by atomic mass is 10.1. The Morgan fingerprint density at radius 1 is 1.36 bits per heavy atom. The highest BCUT2D eigenvalue weighted by Gasteiger charge is 2.22. The van der Waals surface area contributed by atoms with Crippen LogP contribution in [0.15, 0.2) is 0 Å². The Morgan fingerprint density at radius 3 is 2.29 bits per heavy atom. The number of hydrogen-bond acceptors (Lipinski definition) is 3. The van der Waals surface area contributed by atoms with Gasteiger partial charge in [0, 0.05) is 6.54 Å². The van der Waals surface area contributed by atoms with Crippen LogP contribution < -0.4 is 0 Å². The topological polar surface area (TPSA) is 29.5 Å². The number of ether oxygens (including phenoxy) is 1. The van der Waals surface area contributed by atoms with E-state index in [1.165, 1.54) is 0 Å². The van der Waals surface area contributed by atoms with Crippen molar-refractivity contribution in [3.05, 3.63) is 0 Å². The van der Waals surface area contributed by atoms with Crippen LogP contribution in [0.4, 0.5) is 0 Å². The molecule has 3 heteroatoms. The maximum atomic E-state index is 11.5. The molecule has 0 saturated carbocycles. The normalized spacial score (nSPS) is 13.4. The largest absolute Gasteiger partial charge is 0.465 e. The fourth-order valence-electron chi connectivity index (χ4n) is 1.60. The van der Waals surface area contributed by atoms with Crippen LogP contribution in [0.5, 0.6) is 0 Å². The first-order valence-corrected chi connectivity index (χ1v) is 5.39. The Morgan fingerprint density at radius 2 is 1.93 bits per heavy atom. The third-order valence-electron chi connectivity index (χ3n) is 2.13. The predicted molar refractivity (Wildman–Crippen MR) is 58.2 cm³/mol. The number of esters is 1. The molecule has 0 rings (SSSR count). The second-order valence-electron chi connectivity index (χ2n) is 4.01. The summed E-state index contributed by atoms with van der Waals surface area (Å²) in [7, 11) is 1.98. The molecule has 0 aliphatic heterocycles. The summed E-state index contributed by atoms with van der Waals surface area (Å²) in [4.78, 5) is 13.6. The summed E-state index contributed by atoms with van der Waals surface area (Å²) in [5.74, 6) is 0.474. The molecule has 3 nitrogen and oxygen atoms in total. The van der Waals surface area contributed by atoms with Crippen LogP contribution in [0, 0.1) is 5.92 Å². The first kappa shape index (κ1) is 13.4. The minimum Gasteiger partial charge on any atom is -0.465 e. The van der Waals surface area contributed by atoms with E-state index in [4.69, 9.17) is 4.74 Å². The average molecular weight is 201 g/mol. The zero-order valence-electron chi connectivity index (χ0n) is 10.0. The van der Waals surface area contributed by atoms with E-state index in [0.717, 1.165) is 13.0 Å². The number of carbonyl (C=O) groups is 1. The first-order valence-electron chi connectivity index (χ1n) is 5.39. The van der Waals surface area contributed by atoms with Gasteiger partial charge in [0.2, 0.25) is 0 Å². The van der Waals surface area contributed by atoms with E-state index in [9.17, 15) is 4.79 Å².